The molecule has 0 aromatic heterocycles. The predicted octanol–water partition coefficient (Wildman–Crippen LogP) is 5.60. The summed E-state index contributed by atoms with van der Waals surface area (Å²) in [6, 6.07) is 27.6. The lowest BCUT2D eigenvalue weighted by Gasteiger charge is -2.42. The van der Waals surface area contributed by atoms with Crippen molar-refractivity contribution in [2.75, 3.05) is 5.75 Å². The van der Waals surface area contributed by atoms with Crippen molar-refractivity contribution in [3.8, 4) is 17.2 Å². The average Bonchev–Trinajstić information content (AvgIpc) is 2.79. The molecule has 0 saturated heterocycles. The molecule has 3 aromatic rings. The molecule has 1 heterocycles. The minimum Gasteiger partial charge on any atom is -0.379 e. The maximum atomic E-state index is 9.28. The van der Waals surface area contributed by atoms with E-state index in [-0.39, 0.29) is 5.54 Å². The van der Waals surface area contributed by atoms with E-state index in [1.807, 2.05) is 18.2 Å². The minimum atomic E-state index is -0.272. The molecule has 1 aliphatic carbocycles. The third-order valence-corrected chi connectivity index (χ3v) is 7.14. The van der Waals surface area contributed by atoms with Crippen molar-refractivity contribution in [3.63, 3.8) is 0 Å². The van der Waals surface area contributed by atoms with Crippen molar-refractivity contribution in [3.05, 3.63) is 95.1 Å². The van der Waals surface area contributed by atoms with Gasteiger partial charge in [0.25, 0.3) is 0 Å². The van der Waals surface area contributed by atoms with Crippen LogP contribution in [-0.2, 0) is 12.0 Å². The second-order valence-corrected chi connectivity index (χ2v) is 9.28. The molecular weight excluding hydrogens is 386 g/mol. The van der Waals surface area contributed by atoms with Crippen LogP contribution in [0.15, 0.2) is 77.8 Å². The van der Waals surface area contributed by atoms with E-state index in [0.717, 1.165) is 36.1 Å². The molecule has 30 heavy (non-hydrogen) atoms. The highest BCUT2D eigenvalue weighted by molar-refractivity contribution is 8.13. The van der Waals surface area contributed by atoms with Crippen LogP contribution in [0.1, 0.15) is 41.0 Å². The summed E-state index contributed by atoms with van der Waals surface area (Å²) in [5.74, 6) is 1.43. The van der Waals surface area contributed by atoms with Gasteiger partial charge in [-0.05, 0) is 71.2 Å². The van der Waals surface area contributed by atoms with Crippen molar-refractivity contribution in [1.82, 2.24) is 0 Å². The third-order valence-electron chi connectivity index (χ3n) is 6.35. The summed E-state index contributed by atoms with van der Waals surface area (Å²) in [4.78, 5) is 5.06. The van der Waals surface area contributed by atoms with Gasteiger partial charge < -0.3 is 5.73 Å². The van der Waals surface area contributed by atoms with E-state index in [0.29, 0.717) is 16.6 Å². The van der Waals surface area contributed by atoms with Crippen molar-refractivity contribution >= 4 is 16.9 Å². The van der Waals surface area contributed by atoms with Crippen LogP contribution < -0.4 is 5.73 Å². The Morgan fingerprint density at radius 1 is 1.00 bits per heavy atom. The summed E-state index contributed by atoms with van der Waals surface area (Å²) < 4.78 is 0. The number of rotatable bonds is 2. The van der Waals surface area contributed by atoms with Gasteiger partial charge in [-0.3, -0.25) is 4.99 Å². The van der Waals surface area contributed by atoms with Gasteiger partial charge in [0.2, 0.25) is 0 Å². The van der Waals surface area contributed by atoms with E-state index in [2.05, 4.69) is 60.7 Å². The number of hydrogen-bond donors (Lipinski definition) is 1. The summed E-state index contributed by atoms with van der Waals surface area (Å²) >= 11 is 1.65. The van der Waals surface area contributed by atoms with Crippen LogP contribution >= 0.6 is 11.8 Å². The fourth-order valence-corrected chi connectivity index (χ4v) is 5.81. The first-order valence-corrected chi connectivity index (χ1v) is 11.3. The fraction of sp³-hybridized carbons (Fsp3) is 0.231. The van der Waals surface area contributed by atoms with Gasteiger partial charge in [0.1, 0.15) is 0 Å². The second kappa shape index (κ2) is 7.66. The van der Waals surface area contributed by atoms with Gasteiger partial charge in [-0.25, -0.2) is 0 Å². The van der Waals surface area contributed by atoms with Gasteiger partial charge in [-0.2, -0.15) is 5.26 Å². The lowest BCUT2D eigenvalue weighted by Crippen LogP contribution is -2.37. The Balaban J connectivity index is 1.64. The molecule has 0 fully saturated rings. The molecule has 3 aromatic carbocycles. The van der Waals surface area contributed by atoms with Crippen LogP contribution in [-0.4, -0.2) is 10.9 Å². The molecule has 0 bridgehead atoms. The Bertz CT molecular complexity index is 1160. The number of thioether (sulfide) groups is 1. The van der Waals surface area contributed by atoms with E-state index in [1.165, 1.54) is 16.7 Å². The molecule has 3 nitrogen and oxygen atoms in total. The van der Waals surface area contributed by atoms with Gasteiger partial charge in [0, 0.05) is 5.75 Å². The first-order chi connectivity index (χ1) is 14.7. The van der Waals surface area contributed by atoms with Crippen molar-refractivity contribution in [1.29, 1.82) is 5.26 Å². The van der Waals surface area contributed by atoms with Gasteiger partial charge in [-0.15, -0.1) is 0 Å². The zero-order valence-corrected chi connectivity index (χ0v) is 17.5. The summed E-state index contributed by atoms with van der Waals surface area (Å²) in [5.41, 5.74) is 12.9. The molecule has 2 unspecified atom stereocenters. The van der Waals surface area contributed by atoms with E-state index in [4.69, 9.17) is 10.7 Å². The smallest absolute Gasteiger partial charge is 0.154 e. The number of nitrogens with zero attached hydrogens (tertiary/aromatic N) is 2. The molecule has 2 aliphatic rings. The largest absolute Gasteiger partial charge is 0.379 e. The molecule has 1 spiro atoms. The van der Waals surface area contributed by atoms with Crippen molar-refractivity contribution in [2.24, 2.45) is 10.7 Å². The van der Waals surface area contributed by atoms with Gasteiger partial charge in [-0.1, -0.05) is 66.4 Å². The molecule has 2 N–H and O–H groups in total. The molecule has 5 rings (SSSR count). The topological polar surface area (TPSA) is 62.2 Å². The summed E-state index contributed by atoms with van der Waals surface area (Å²) in [7, 11) is 0. The lowest BCUT2D eigenvalue weighted by atomic mass is 9.68. The van der Waals surface area contributed by atoms with Gasteiger partial charge in [0.05, 0.1) is 17.2 Å². The summed E-state index contributed by atoms with van der Waals surface area (Å²) in [6.45, 7) is 0. The number of nitrogens with two attached hydrogens (primary N) is 1. The van der Waals surface area contributed by atoms with E-state index < -0.39 is 0 Å². The Kier molecular flexibility index (Phi) is 4.84. The van der Waals surface area contributed by atoms with E-state index in [9.17, 15) is 5.26 Å². The molecule has 2 atom stereocenters. The number of fused-ring (bicyclic) bond motifs is 2. The maximum absolute atomic E-state index is 9.28. The standard InChI is InChI=1S/C26H23N3S/c27-17-18-5-4-8-20(13-18)21-9-10-22-14-23(19-6-2-1-3-7-19)16-26(24(22)15-21)11-12-30-25(28)29-26/h1-10,13,15,23H,11-12,14,16H2,(H2,28,29). The highest BCUT2D eigenvalue weighted by Gasteiger charge is 2.42. The van der Waals surface area contributed by atoms with Crippen molar-refractivity contribution < 1.29 is 0 Å². The maximum Gasteiger partial charge on any atom is 0.154 e. The quantitative estimate of drug-likeness (QED) is 0.599. The molecular formula is C26H23N3S. The van der Waals surface area contributed by atoms with Crippen LogP contribution in [0.2, 0.25) is 0 Å². The zero-order chi connectivity index (χ0) is 20.6. The average molecular weight is 410 g/mol. The highest BCUT2D eigenvalue weighted by atomic mass is 32.2. The Morgan fingerprint density at radius 3 is 2.63 bits per heavy atom. The van der Waals surface area contributed by atoms with Crippen LogP contribution in [0.4, 0.5) is 0 Å². The molecule has 0 radical (unpaired) electrons. The number of aliphatic imine (C=N–C) groups is 1. The van der Waals surface area contributed by atoms with Crippen LogP contribution in [0, 0.1) is 11.3 Å². The number of benzene rings is 3. The van der Waals surface area contributed by atoms with Crippen molar-refractivity contribution in [2.45, 2.75) is 30.7 Å². The first-order valence-electron chi connectivity index (χ1n) is 10.3. The second-order valence-electron chi connectivity index (χ2n) is 8.16. The summed E-state index contributed by atoms with van der Waals surface area (Å²) in [6.07, 6.45) is 2.99. The van der Waals surface area contributed by atoms with Gasteiger partial charge >= 0.3 is 0 Å². The van der Waals surface area contributed by atoms with Crippen LogP contribution in [0.25, 0.3) is 11.1 Å². The highest BCUT2D eigenvalue weighted by Crippen LogP contribution is 2.50. The van der Waals surface area contributed by atoms with Crippen LogP contribution in [0.3, 0.4) is 0 Å². The lowest BCUT2D eigenvalue weighted by molar-refractivity contribution is 0.335. The predicted molar refractivity (Wildman–Crippen MR) is 124 cm³/mol. The molecule has 0 amide bonds. The van der Waals surface area contributed by atoms with Crippen LogP contribution in [0.5, 0.6) is 0 Å². The van der Waals surface area contributed by atoms with Gasteiger partial charge in [0.15, 0.2) is 5.17 Å². The normalized spacial score (nSPS) is 22.8. The van der Waals surface area contributed by atoms with E-state index in [1.54, 1.807) is 11.8 Å². The Hall–Kier alpha value is -3.03. The monoisotopic (exact) mass is 409 g/mol. The minimum absolute atomic E-state index is 0.272. The fourth-order valence-electron chi connectivity index (χ4n) is 4.92. The zero-order valence-electron chi connectivity index (χ0n) is 16.7. The number of nitriles is 1. The Morgan fingerprint density at radius 2 is 1.83 bits per heavy atom. The van der Waals surface area contributed by atoms with E-state index >= 15 is 0 Å². The Labute approximate surface area is 181 Å². The molecule has 4 heteroatoms. The molecule has 0 saturated carbocycles. The molecule has 1 aliphatic heterocycles. The number of hydrogen-bond acceptors (Lipinski definition) is 4. The summed E-state index contributed by atoms with van der Waals surface area (Å²) in [5, 5.41) is 9.97. The number of amidine groups is 1. The third kappa shape index (κ3) is 3.40. The SMILES string of the molecule is N#Cc1cccc(-c2ccc3c(c2)C2(CCSC(N)=N2)CC(c2ccccc2)C3)c1. The first kappa shape index (κ1) is 19.0. The molecule has 148 valence electrons.